The fourth-order valence-electron chi connectivity index (χ4n) is 3.97. The van der Waals surface area contributed by atoms with Gasteiger partial charge in [0.15, 0.2) is 11.6 Å². The van der Waals surface area contributed by atoms with Gasteiger partial charge in [-0.2, -0.15) is 0 Å². The molecule has 0 amide bonds. The second-order valence-electron chi connectivity index (χ2n) is 7.66. The summed E-state index contributed by atoms with van der Waals surface area (Å²) in [6, 6.07) is 4.13. The molecule has 1 aliphatic rings. The number of rotatable bonds is 4. The van der Waals surface area contributed by atoms with Gasteiger partial charge in [-0.15, -0.1) is 32.9 Å². The Kier molecular flexibility index (Phi) is 4.83. The van der Waals surface area contributed by atoms with Crippen molar-refractivity contribution in [3.05, 3.63) is 39.6 Å². The number of aryl methyl sites for hydroxylation is 3. The van der Waals surface area contributed by atoms with E-state index in [1.807, 2.05) is 6.07 Å². The highest BCUT2D eigenvalue weighted by molar-refractivity contribution is 7.19. The molecule has 150 valence electrons. The van der Waals surface area contributed by atoms with E-state index in [0.717, 1.165) is 51.4 Å². The first-order chi connectivity index (χ1) is 14.1. The van der Waals surface area contributed by atoms with Crippen molar-refractivity contribution in [1.82, 2.24) is 24.7 Å². The summed E-state index contributed by atoms with van der Waals surface area (Å²) >= 11 is 3.43. The van der Waals surface area contributed by atoms with Gasteiger partial charge >= 0.3 is 0 Å². The van der Waals surface area contributed by atoms with Crippen molar-refractivity contribution in [2.24, 2.45) is 0 Å². The lowest BCUT2D eigenvalue weighted by atomic mass is 10.2. The summed E-state index contributed by atoms with van der Waals surface area (Å²) in [5.74, 6) is 3.93. The minimum absolute atomic E-state index is 0.692. The third-order valence-electron chi connectivity index (χ3n) is 5.68. The summed E-state index contributed by atoms with van der Waals surface area (Å²) in [5, 5.41) is 12.2. The summed E-state index contributed by atoms with van der Waals surface area (Å²) in [5.41, 5.74) is 1.27. The second kappa shape index (κ2) is 7.50. The predicted octanol–water partition coefficient (Wildman–Crippen LogP) is 4.99. The molecule has 1 aliphatic heterocycles. The van der Waals surface area contributed by atoms with Gasteiger partial charge in [-0.05, 0) is 43.7 Å². The third kappa shape index (κ3) is 3.34. The summed E-state index contributed by atoms with van der Waals surface area (Å²) in [6.07, 6.45) is 4.70. The average molecular weight is 425 g/mol. The first-order valence-corrected chi connectivity index (χ1v) is 11.7. The van der Waals surface area contributed by atoms with Crippen molar-refractivity contribution in [2.75, 3.05) is 11.9 Å². The molecular weight excluding hydrogens is 400 g/mol. The van der Waals surface area contributed by atoms with Gasteiger partial charge in [-0.3, -0.25) is 0 Å². The lowest BCUT2D eigenvalue weighted by molar-refractivity contribution is 0.601. The molecule has 4 aromatic heterocycles. The molecule has 5 heterocycles. The largest absolute Gasteiger partial charge is 0.351 e. The van der Waals surface area contributed by atoms with Crippen LogP contribution in [-0.4, -0.2) is 31.8 Å². The van der Waals surface area contributed by atoms with Crippen LogP contribution in [0.15, 0.2) is 17.5 Å². The molecule has 0 spiro atoms. The second-order valence-corrected chi connectivity index (χ2v) is 9.81. The van der Waals surface area contributed by atoms with Crippen molar-refractivity contribution >= 4 is 38.7 Å². The molecule has 0 unspecified atom stereocenters. The van der Waals surface area contributed by atoms with E-state index >= 15 is 0 Å². The maximum absolute atomic E-state index is 5.00. The van der Waals surface area contributed by atoms with Crippen LogP contribution in [0.25, 0.3) is 20.9 Å². The van der Waals surface area contributed by atoms with Crippen LogP contribution >= 0.6 is 22.7 Å². The minimum atomic E-state index is 0.692. The van der Waals surface area contributed by atoms with Gasteiger partial charge in [0.2, 0.25) is 0 Å². The van der Waals surface area contributed by atoms with E-state index in [9.17, 15) is 0 Å². The molecule has 0 aliphatic carbocycles. The molecule has 0 fully saturated rings. The lowest BCUT2D eigenvalue weighted by Crippen LogP contribution is -2.22. The molecule has 4 aromatic rings. The van der Waals surface area contributed by atoms with Crippen LogP contribution in [0.3, 0.4) is 0 Å². The zero-order chi connectivity index (χ0) is 20.0. The van der Waals surface area contributed by atoms with Crippen molar-refractivity contribution in [3.63, 3.8) is 0 Å². The van der Waals surface area contributed by atoms with E-state index in [4.69, 9.17) is 9.97 Å². The fourth-order valence-corrected chi connectivity index (χ4v) is 5.65. The Bertz CT molecular complexity index is 1160. The van der Waals surface area contributed by atoms with Gasteiger partial charge in [0, 0.05) is 24.9 Å². The Morgan fingerprint density at radius 2 is 2.03 bits per heavy atom. The number of nitrogens with zero attached hydrogens (tertiary/aromatic N) is 6. The first-order valence-electron chi connectivity index (χ1n) is 10.1. The number of hydrogen-bond donors (Lipinski definition) is 0. The van der Waals surface area contributed by atoms with E-state index in [-0.39, 0.29) is 0 Å². The molecule has 0 aromatic carbocycles. The standard InChI is InChI=1S/C21H24N6S2/c1-13-14(2)29-21-18(13)20(22-19(23-21)15-8-7-11-28-15)26(3)12-17-25-24-16-9-5-4-6-10-27(16)17/h7-8,11H,4-6,9-10,12H2,1-3H3. The predicted molar refractivity (Wildman–Crippen MR) is 120 cm³/mol. The summed E-state index contributed by atoms with van der Waals surface area (Å²) in [6.45, 7) is 6.04. The maximum Gasteiger partial charge on any atom is 0.173 e. The van der Waals surface area contributed by atoms with Crippen molar-refractivity contribution in [3.8, 4) is 10.7 Å². The smallest absolute Gasteiger partial charge is 0.173 e. The summed E-state index contributed by atoms with van der Waals surface area (Å²) in [4.78, 5) is 15.5. The average Bonchev–Trinajstić information content (AvgIpc) is 3.39. The highest BCUT2D eigenvalue weighted by atomic mass is 32.1. The molecule has 0 bridgehead atoms. The van der Waals surface area contributed by atoms with Gasteiger partial charge in [0.25, 0.3) is 0 Å². The van der Waals surface area contributed by atoms with Crippen molar-refractivity contribution < 1.29 is 0 Å². The number of aromatic nitrogens is 5. The van der Waals surface area contributed by atoms with Gasteiger partial charge < -0.3 is 9.47 Å². The van der Waals surface area contributed by atoms with Crippen LogP contribution in [0.2, 0.25) is 0 Å². The van der Waals surface area contributed by atoms with Crippen LogP contribution in [-0.2, 0) is 19.5 Å². The Morgan fingerprint density at radius 3 is 2.86 bits per heavy atom. The van der Waals surface area contributed by atoms with Crippen molar-refractivity contribution in [2.45, 2.75) is 52.6 Å². The zero-order valence-corrected chi connectivity index (χ0v) is 18.6. The van der Waals surface area contributed by atoms with Crippen LogP contribution < -0.4 is 4.90 Å². The Morgan fingerprint density at radius 1 is 1.14 bits per heavy atom. The Balaban J connectivity index is 1.57. The van der Waals surface area contributed by atoms with E-state index < -0.39 is 0 Å². The van der Waals surface area contributed by atoms with E-state index in [2.05, 4.69) is 52.0 Å². The lowest BCUT2D eigenvalue weighted by Gasteiger charge is -2.20. The van der Waals surface area contributed by atoms with E-state index in [1.165, 1.54) is 29.7 Å². The molecule has 0 saturated carbocycles. The van der Waals surface area contributed by atoms with Gasteiger partial charge in [0.05, 0.1) is 16.8 Å². The normalized spacial score (nSPS) is 14.2. The molecular formula is C21H24N6S2. The minimum Gasteiger partial charge on any atom is -0.351 e. The maximum atomic E-state index is 5.00. The number of thiophene rings is 2. The highest BCUT2D eigenvalue weighted by Gasteiger charge is 2.21. The number of hydrogen-bond acceptors (Lipinski definition) is 7. The Hall–Kier alpha value is -2.32. The summed E-state index contributed by atoms with van der Waals surface area (Å²) < 4.78 is 2.31. The summed E-state index contributed by atoms with van der Waals surface area (Å²) in [7, 11) is 2.10. The van der Waals surface area contributed by atoms with Crippen molar-refractivity contribution in [1.29, 1.82) is 0 Å². The monoisotopic (exact) mass is 424 g/mol. The van der Waals surface area contributed by atoms with Crippen LogP contribution in [0, 0.1) is 13.8 Å². The molecule has 0 N–H and O–H groups in total. The van der Waals surface area contributed by atoms with Crippen LogP contribution in [0.4, 0.5) is 5.82 Å². The first kappa shape index (κ1) is 18.7. The molecule has 0 saturated heterocycles. The Labute approximate surface area is 178 Å². The third-order valence-corrected chi connectivity index (χ3v) is 7.64. The molecule has 5 rings (SSSR count). The van der Waals surface area contributed by atoms with E-state index in [1.54, 1.807) is 22.7 Å². The fraction of sp³-hybridized carbons (Fsp3) is 0.429. The number of fused-ring (bicyclic) bond motifs is 2. The number of anilines is 1. The quantitative estimate of drug-likeness (QED) is 0.462. The zero-order valence-electron chi connectivity index (χ0n) is 17.0. The molecule has 6 nitrogen and oxygen atoms in total. The molecule has 29 heavy (non-hydrogen) atoms. The highest BCUT2D eigenvalue weighted by Crippen LogP contribution is 2.37. The topological polar surface area (TPSA) is 59.7 Å². The van der Waals surface area contributed by atoms with Crippen LogP contribution in [0.5, 0.6) is 0 Å². The van der Waals surface area contributed by atoms with Gasteiger partial charge in [-0.1, -0.05) is 12.5 Å². The molecule has 0 radical (unpaired) electrons. The van der Waals surface area contributed by atoms with Crippen LogP contribution in [0.1, 0.15) is 41.4 Å². The van der Waals surface area contributed by atoms with Gasteiger partial charge in [0.1, 0.15) is 16.5 Å². The molecule has 8 heteroatoms. The van der Waals surface area contributed by atoms with E-state index in [0.29, 0.717) is 6.54 Å². The van der Waals surface area contributed by atoms with Gasteiger partial charge in [-0.25, -0.2) is 9.97 Å². The SMILES string of the molecule is Cc1sc2nc(-c3cccs3)nc(N(C)Cc3nnc4n3CCCCC4)c2c1C. The molecule has 0 atom stereocenters.